The molecule has 0 radical (unpaired) electrons. The number of carbonyl (C=O) groups is 1. The lowest BCUT2D eigenvalue weighted by Crippen LogP contribution is -2.10. The van der Waals surface area contributed by atoms with E-state index in [2.05, 4.69) is 31.2 Å². The third kappa shape index (κ3) is 7.24. The molecule has 1 aromatic carbocycles. The molecule has 0 heterocycles. The van der Waals surface area contributed by atoms with Gasteiger partial charge in [-0.1, -0.05) is 64.0 Å². The molecule has 0 aliphatic heterocycles. The second-order valence-corrected chi connectivity index (χ2v) is 5.12. The molecule has 0 atom stereocenters. The van der Waals surface area contributed by atoms with Crippen LogP contribution in [0, 0.1) is 5.92 Å². The van der Waals surface area contributed by atoms with Gasteiger partial charge < -0.3 is 5.11 Å². The number of carbonyl (C=O) groups excluding carboxylic acids is 1. The maximum absolute atomic E-state index is 10.2. The highest BCUT2D eigenvalue weighted by Gasteiger charge is 2.19. The van der Waals surface area contributed by atoms with E-state index in [4.69, 9.17) is 5.11 Å². The third-order valence-electron chi connectivity index (χ3n) is 3.79. The summed E-state index contributed by atoms with van der Waals surface area (Å²) in [5.41, 5.74) is 2.56. The van der Waals surface area contributed by atoms with Crippen molar-refractivity contribution in [3.05, 3.63) is 41.5 Å². The van der Waals surface area contributed by atoms with Gasteiger partial charge >= 0.3 is 0 Å². The molecule has 0 aromatic heterocycles. The standard InChI is InChI=1S/C16H20O.C2H6.CH4O/c1-13-4-8-15(9-5-13)16-10-6-14(7-11-16)3-2-12-17;2*1-2/h2-3,6-7,10-13,15H,4-5,8-9H2,1H3;1-2H3;2H,1H3/b3-2+;;. The lowest BCUT2D eigenvalue weighted by molar-refractivity contribution is -0.104. The van der Waals surface area contributed by atoms with E-state index in [0.29, 0.717) is 0 Å². The summed E-state index contributed by atoms with van der Waals surface area (Å²) in [7, 11) is 1.00. The van der Waals surface area contributed by atoms with Crippen LogP contribution in [0.3, 0.4) is 0 Å². The number of aldehydes is 1. The summed E-state index contributed by atoms with van der Waals surface area (Å²) in [6.45, 7) is 6.35. The number of aliphatic hydroxyl groups is 1. The predicted molar refractivity (Wildman–Crippen MR) is 91.4 cm³/mol. The first kappa shape index (κ1) is 19.6. The van der Waals surface area contributed by atoms with E-state index >= 15 is 0 Å². The Labute approximate surface area is 129 Å². The van der Waals surface area contributed by atoms with Crippen molar-refractivity contribution in [1.82, 2.24) is 0 Å². The summed E-state index contributed by atoms with van der Waals surface area (Å²) < 4.78 is 0. The lowest BCUT2D eigenvalue weighted by atomic mass is 9.79. The van der Waals surface area contributed by atoms with Crippen LogP contribution < -0.4 is 0 Å². The highest BCUT2D eigenvalue weighted by molar-refractivity contribution is 5.73. The van der Waals surface area contributed by atoms with Crippen molar-refractivity contribution in [3.8, 4) is 0 Å². The van der Waals surface area contributed by atoms with Crippen LogP contribution in [0.2, 0.25) is 0 Å². The summed E-state index contributed by atoms with van der Waals surface area (Å²) in [6, 6.07) is 8.64. The quantitative estimate of drug-likeness (QED) is 0.639. The molecule has 21 heavy (non-hydrogen) atoms. The summed E-state index contributed by atoms with van der Waals surface area (Å²) in [6.07, 6.45) is 9.57. The Bertz CT molecular complexity index is 385. The number of allylic oxidation sites excluding steroid dienone is 1. The van der Waals surface area contributed by atoms with Gasteiger partial charge in [0.15, 0.2) is 0 Å². The molecule has 118 valence electrons. The summed E-state index contributed by atoms with van der Waals surface area (Å²) in [5.74, 6) is 1.65. The zero-order valence-corrected chi connectivity index (χ0v) is 13.9. The van der Waals surface area contributed by atoms with Crippen molar-refractivity contribution in [1.29, 1.82) is 0 Å². The molecule has 1 N–H and O–H groups in total. The van der Waals surface area contributed by atoms with E-state index in [1.165, 1.54) is 37.3 Å². The van der Waals surface area contributed by atoms with Crippen molar-refractivity contribution in [2.24, 2.45) is 5.92 Å². The van der Waals surface area contributed by atoms with Crippen molar-refractivity contribution in [2.75, 3.05) is 7.11 Å². The van der Waals surface area contributed by atoms with Gasteiger partial charge in [-0.3, -0.25) is 4.79 Å². The van der Waals surface area contributed by atoms with E-state index in [0.717, 1.165) is 30.8 Å². The molecular weight excluding hydrogens is 260 g/mol. The average Bonchev–Trinajstić information content (AvgIpc) is 2.58. The second-order valence-electron chi connectivity index (χ2n) is 5.12. The fourth-order valence-corrected chi connectivity index (χ4v) is 2.62. The van der Waals surface area contributed by atoms with Gasteiger partial charge in [-0.25, -0.2) is 0 Å². The Morgan fingerprint density at radius 3 is 2.00 bits per heavy atom. The van der Waals surface area contributed by atoms with Gasteiger partial charge in [0.25, 0.3) is 0 Å². The monoisotopic (exact) mass is 290 g/mol. The van der Waals surface area contributed by atoms with Crippen molar-refractivity contribution in [3.63, 3.8) is 0 Å². The Kier molecular flexibility index (Phi) is 11.5. The molecule has 1 saturated carbocycles. The molecule has 2 heteroatoms. The largest absolute Gasteiger partial charge is 0.400 e. The normalized spacial score (nSPS) is 20.8. The summed E-state index contributed by atoms with van der Waals surface area (Å²) >= 11 is 0. The van der Waals surface area contributed by atoms with Crippen LogP contribution in [-0.2, 0) is 4.79 Å². The maximum Gasteiger partial charge on any atom is 0.142 e. The number of hydrogen-bond donors (Lipinski definition) is 1. The van der Waals surface area contributed by atoms with Gasteiger partial charge in [0.1, 0.15) is 6.29 Å². The molecule has 2 rings (SSSR count). The van der Waals surface area contributed by atoms with Crippen LogP contribution in [0.15, 0.2) is 30.3 Å². The molecule has 0 amide bonds. The van der Waals surface area contributed by atoms with E-state index in [9.17, 15) is 4.79 Å². The second kappa shape index (κ2) is 12.3. The van der Waals surface area contributed by atoms with E-state index in [-0.39, 0.29) is 0 Å². The first-order chi connectivity index (χ1) is 10.3. The topological polar surface area (TPSA) is 37.3 Å². The van der Waals surface area contributed by atoms with Crippen LogP contribution in [0.5, 0.6) is 0 Å². The van der Waals surface area contributed by atoms with Gasteiger partial charge in [0.05, 0.1) is 0 Å². The molecule has 1 aliphatic rings. The SMILES string of the molecule is CC.CC1CCC(c2ccc(/C=C/C=O)cc2)CC1.CO. The lowest BCUT2D eigenvalue weighted by Gasteiger charge is -2.26. The molecule has 0 unspecified atom stereocenters. The summed E-state index contributed by atoms with van der Waals surface area (Å²) in [5, 5.41) is 7.00. The number of rotatable bonds is 3. The number of aliphatic hydroxyl groups excluding tert-OH is 1. The van der Waals surface area contributed by atoms with Gasteiger partial charge in [-0.2, -0.15) is 0 Å². The third-order valence-corrected chi connectivity index (χ3v) is 3.79. The van der Waals surface area contributed by atoms with Crippen molar-refractivity contribution < 1.29 is 9.90 Å². The van der Waals surface area contributed by atoms with Gasteiger partial charge in [-0.05, 0) is 41.9 Å². The van der Waals surface area contributed by atoms with Gasteiger partial charge in [0, 0.05) is 7.11 Å². The van der Waals surface area contributed by atoms with Crippen LogP contribution in [0.1, 0.15) is 63.5 Å². The van der Waals surface area contributed by atoms with Crippen molar-refractivity contribution in [2.45, 2.75) is 52.4 Å². The molecule has 0 saturated heterocycles. The minimum atomic E-state index is 0.746. The Balaban J connectivity index is 0.000000921. The number of benzene rings is 1. The van der Waals surface area contributed by atoms with Crippen LogP contribution in [0.25, 0.3) is 6.08 Å². The molecule has 1 aliphatic carbocycles. The first-order valence-electron chi connectivity index (χ1n) is 7.96. The van der Waals surface area contributed by atoms with E-state index in [1.54, 1.807) is 0 Å². The Hall–Kier alpha value is -1.41. The highest BCUT2D eigenvalue weighted by Crippen LogP contribution is 2.35. The molecule has 1 aromatic rings. The smallest absolute Gasteiger partial charge is 0.142 e. The number of hydrogen-bond acceptors (Lipinski definition) is 2. The molecule has 0 spiro atoms. The minimum absolute atomic E-state index is 0.746. The zero-order valence-electron chi connectivity index (χ0n) is 13.9. The molecule has 1 fully saturated rings. The van der Waals surface area contributed by atoms with Crippen LogP contribution in [0.4, 0.5) is 0 Å². The Morgan fingerprint density at radius 2 is 1.52 bits per heavy atom. The Morgan fingerprint density at radius 1 is 1.00 bits per heavy atom. The fourth-order valence-electron chi connectivity index (χ4n) is 2.62. The zero-order chi connectivity index (χ0) is 16.1. The highest BCUT2D eigenvalue weighted by atomic mass is 16.2. The van der Waals surface area contributed by atoms with E-state index in [1.807, 2.05) is 19.9 Å². The minimum Gasteiger partial charge on any atom is -0.400 e. The molecular formula is C19H30O2. The predicted octanol–water partition coefficient (Wildman–Crippen LogP) is 4.83. The summed E-state index contributed by atoms with van der Waals surface area (Å²) in [4.78, 5) is 10.2. The van der Waals surface area contributed by atoms with Crippen LogP contribution in [-0.4, -0.2) is 18.5 Å². The fraction of sp³-hybridized carbons (Fsp3) is 0.526. The van der Waals surface area contributed by atoms with Gasteiger partial charge in [-0.15, -0.1) is 0 Å². The maximum atomic E-state index is 10.2. The first-order valence-corrected chi connectivity index (χ1v) is 7.96. The van der Waals surface area contributed by atoms with Gasteiger partial charge in [0.2, 0.25) is 0 Å². The van der Waals surface area contributed by atoms with Crippen molar-refractivity contribution >= 4 is 12.4 Å². The molecule has 0 bridgehead atoms. The molecule has 2 nitrogen and oxygen atoms in total. The van der Waals surface area contributed by atoms with E-state index < -0.39 is 0 Å². The van der Waals surface area contributed by atoms with Crippen LogP contribution >= 0.6 is 0 Å². The average molecular weight is 290 g/mol.